The highest BCUT2D eigenvalue weighted by Gasteiger charge is 2.51. The van der Waals surface area contributed by atoms with Crippen molar-refractivity contribution >= 4 is 0 Å². The molecule has 2 aliphatic rings. The Labute approximate surface area is 161 Å². The number of pyridine rings is 1. The van der Waals surface area contributed by atoms with Crippen molar-refractivity contribution in [3.05, 3.63) is 42.6 Å². The fourth-order valence-corrected chi connectivity index (χ4v) is 4.77. The second-order valence-corrected chi connectivity index (χ2v) is 8.07. The zero-order valence-corrected chi connectivity index (χ0v) is 16.5. The highest BCUT2D eigenvalue weighted by Crippen LogP contribution is 2.43. The number of imidazole rings is 1. The maximum Gasteiger partial charge on any atom is 0.213 e. The van der Waals surface area contributed by atoms with E-state index in [1.165, 1.54) is 5.69 Å². The molecule has 0 spiro atoms. The van der Waals surface area contributed by atoms with Gasteiger partial charge in [-0.3, -0.25) is 4.90 Å². The summed E-state index contributed by atoms with van der Waals surface area (Å²) in [6.07, 6.45) is 10.0. The summed E-state index contributed by atoms with van der Waals surface area (Å²) < 4.78 is 14.5. The van der Waals surface area contributed by atoms with Crippen LogP contribution in [-0.2, 0) is 11.3 Å². The first-order valence-corrected chi connectivity index (χ1v) is 9.99. The lowest BCUT2D eigenvalue weighted by atomic mass is 9.79. The summed E-state index contributed by atoms with van der Waals surface area (Å²) in [5.74, 6) is 0.717. The van der Waals surface area contributed by atoms with E-state index in [4.69, 9.17) is 9.47 Å². The molecule has 1 aliphatic heterocycles. The topological polar surface area (TPSA) is 52.4 Å². The van der Waals surface area contributed by atoms with Gasteiger partial charge >= 0.3 is 0 Å². The molecule has 6 nitrogen and oxygen atoms in total. The molecule has 0 unspecified atom stereocenters. The van der Waals surface area contributed by atoms with Crippen molar-refractivity contribution in [3.63, 3.8) is 0 Å². The first-order valence-electron chi connectivity index (χ1n) is 9.99. The van der Waals surface area contributed by atoms with Crippen LogP contribution in [0.2, 0.25) is 0 Å². The Morgan fingerprint density at radius 2 is 2.19 bits per heavy atom. The fourth-order valence-electron chi connectivity index (χ4n) is 4.77. The molecule has 3 atom stereocenters. The first-order chi connectivity index (χ1) is 13.1. The first kappa shape index (κ1) is 18.4. The largest absolute Gasteiger partial charge is 0.474 e. The Morgan fingerprint density at radius 3 is 2.93 bits per heavy atom. The van der Waals surface area contributed by atoms with E-state index in [0.717, 1.165) is 44.7 Å². The molecular formula is C21H30N4O2. The average molecular weight is 370 g/mol. The van der Waals surface area contributed by atoms with Crippen LogP contribution in [0.1, 0.15) is 51.3 Å². The second-order valence-electron chi connectivity index (χ2n) is 8.07. The van der Waals surface area contributed by atoms with Crippen molar-refractivity contribution in [2.45, 2.75) is 69.9 Å². The molecule has 146 valence electrons. The number of hydrogen-bond donors (Lipinski definition) is 0. The summed E-state index contributed by atoms with van der Waals surface area (Å²) in [6, 6.07) is 6.61. The van der Waals surface area contributed by atoms with Crippen LogP contribution in [-0.4, -0.2) is 50.8 Å². The van der Waals surface area contributed by atoms with Crippen LogP contribution in [0.25, 0.3) is 0 Å². The average Bonchev–Trinajstić information content (AvgIpc) is 3.29. The SMILES string of the molecule is CO[C@@]12CC[C@H](Oc3ccccn3)C[C@@H]1N(Cc1cncn1C(C)C)CC2. The molecule has 2 aromatic heterocycles. The standard InChI is InChI=1S/C21H30N4O2/c1-16(2)25-15-22-13-17(25)14-24-11-9-21(26-3)8-7-18(12-19(21)24)27-20-6-4-5-10-23-20/h4-6,10,13,15-16,18-19H,7-9,11-12,14H2,1-3H3/t18-,19-,21+/m0/s1. The lowest BCUT2D eigenvalue weighted by Gasteiger charge is -2.43. The van der Waals surface area contributed by atoms with Gasteiger partial charge in [0, 0.05) is 57.2 Å². The third-order valence-electron chi connectivity index (χ3n) is 6.25. The molecule has 0 radical (unpaired) electrons. The van der Waals surface area contributed by atoms with E-state index in [9.17, 15) is 0 Å². The van der Waals surface area contributed by atoms with Gasteiger partial charge in [-0.05, 0) is 39.2 Å². The van der Waals surface area contributed by atoms with Crippen LogP contribution in [0.15, 0.2) is 36.9 Å². The number of hydrogen-bond acceptors (Lipinski definition) is 5. The van der Waals surface area contributed by atoms with Crippen LogP contribution in [0.5, 0.6) is 5.88 Å². The van der Waals surface area contributed by atoms with Crippen molar-refractivity contribution in [1.82, 2.24) is 19.4 Å². The predicted octanol–water partition coefficient (Wildman–Crippen LogP) is 3.45. The van der Waals surface area contributed by atoms with E-state index < -0.39 is 0 Å². The van der Waals surface area contributed by atoms with Crippen molar-refractivity contribution in [1.29, 1.82) is 0 Å². The summed E-state index contributed by atoms with van der Waals surface area (Å²) >= 11 is 0. The van der Waals surface area contributed by atoms with Gasteiger partial charge in [0.25, 0.3) is 0 Å². The lowest BCUT2D eigenvalue weighted by molar-refractivity contribution is -0.0845. The number of nitrogens with zero attached hydrogens (tertiary/aromatic N) is 4. The van der Waals surface area contributed by atoms with Gasteiger partial charge in [-0.15, -0.1) is 0 Å². The number of rotatable bonds is 6. The zero-order chi connectivity index (χ0) is 18.9. The highest BCUT2D eigenvalue weighted by molar-refractivity contribution is 5.12. The molecule has 1 saturated heterocycles. The van der Waals surface area contributed by atoms with Gasteiger partial charge in [-0.2, -0.15) is 0 Å². The van der Waals surface area contributed by atoms with Crippen LogP contribution >= 0.6 is 0 Å². The van der Waals surface area contributed by atoms with Gasteiger partial charge in [0.2, 0.25) is 5.88 Å². The minimum atomic E-state index is -0.0489. The van der Waals surface area contributed by atoms with Crippen molar-refractivity contribution < 1.29 is 9.47 Å². The van der Waals surface area contributed by atoms with E-state index in [0.29, 0.717) is 12.1 Å². The fraction of sp³-hybridized carbons (Fsp3) is 0.619. The maximum atomic E-state index is 6.19. The number of methoxy groups -OCH3 is 1. The van der Waals surface area contributed by atoms with E-state index >= 15 is 0 Å². The van der Waals surface area contributed by atoms with Gasteiger partial charge in [0.05, 0.1) is 17.6 Å². The molecule has 4 rings (SSSR count). The van der Waals surface area contributed by atoms with Gasteiger partial charge in [0.15, 0.2) is 0 Å². The summed E-state index contributed by atoms with van der Waals surface area (Å²) in [5.41, 5.74) is 1.22. The molecule has 1 aliphatic carbocycles. The Hall–Kier alpha value is -1.92. The lowest BCUT2D eigenvalue weighted by Crippen LogP contribution is -2.52. The second kappa shape index (κ2) is 7.60. The van der Waals surface area contributed by atoms with E-state index in [2.05, 4.69) is 33.3 Å². The van der Waals surface area contributed by atoms with E-state index in [1.807, 2.05) is 37.8 Å². The molecule has 0 aromatic carbocycles. The normalized spacial score (nSPS) is 28.4. The molecule has 3 heterocycles. The Bertz CT molecular complexity index is 748. The van der Waals surface area contributed by atoms with Gasteiger partial charge in [-0.25, -0.2) is 9.97 Å². The minimum Gasteiger partial charge on any atom is -0.474 e. The number of ether oxygens (including phenoxy) is 2. The smallest absolute Gasteiger partial charge is 0.213 e. The maximum absolute atomic E-state index is 6.19. The number of fused-ring (bicyclic) bond motifs is 1. The van der Waals surface area contributed by atoms with Crippen LogP contribution in [0.3, 0.4) is 0 Å². The van der Waals surface area contributed by atoms with Crippen LogP contribution in [0.4, 0.5) is 0 Å². The number of likely N-dealkylation sites (tertiary alicyclic amines) is 1. The molecule has 1 saturated carbocycles. The summed E-state index contributed by atoms with van der Waals surface area (Å²) in [5, 5.41) is 0. The molecule has 0 amide bonds. The quantitative estimate of drug-likeness (QED) is 0.779. The van der Waals surface area contributed by atoms with Crippen molar-refractivity contribution in [2.24, 2.45) is 0 Å². The third kappa shape index (κ3) is 3.60. The van der Waals surface area contributed by atoms with Gasteiger partial charge in [0.1, 0.15) is 6.10 Å². The third-order valence-corrected chi connectivity index (χ3v) is 6.25. The minimum absolute atomic E-state index is 0.0489. The molecule has 2 fully saturated rings. The molecule has 6 heteroatoms. The molecular weight excluding hydrogens is 340 g/mol. The summed E-state index contributed by atoms with van der Waals surface area (Å²) in [4.78, 5) is 11.3. The predicted molar refractivity (Wildman–Crippen MR) is 104 cm³/mol. The van der Waals surface area contributed by atoms with Crippen LogP contribution in [0, 0.1) is 0 Å². The van der Waals surface area contributed by atoms with Gasteiger partial charge in [-0.1, -0.05) is 6.07 Å². The summed E-state index contributed by atoms with van der Waals surface area (Å²) in [6.45, 7) is 6.36. The summed E-state index contributed by atoms with van der Waals surface area (Å²) in [7, 11) is 1.87. The molecule has 2 aromatic rings. The molecule has 0 bridgehead atoms. The number of aromatic nitrogens is 3. The Morgan fingerprint density at radius 1 is 1.30 bits per heavy atom. The zero-order valence-electron chi connectivity index (χ0n) is 16.5. The van der Waals surface area contributed by atoms with E-state index in [-0.39, 0.29) is 11.7 Å². The Kier molecular flexibility index (Phi) is 5.19. The van der Waals surface area contributed by atoms with Crippen molar-refractivity contribution in [3.8, 4) is 5.88 Å². The van der Waals surface area contributed by atoms with E-state index in [1.54, 1.807) is 6.20 Å². The van der Waals surface area contributed by atoms with Gasteiger partial charge < -0.3 is 14.0 Å². The van der Waals surface area contributed by atoms with Crippen molar-refractivity contribution in [2.75, 3.05) is 13.7 Å². The highest BCUT2D eigenvalue weighted by atomic mass is 16.5. The Balaban J connectivity index is 1.50. The molecule has 27 heavy (non-hydrogen) atoms. The molecule has 0 N–H and O–H groups in total. The monoisotopic (exact) mass is 370 g/mol. The van der Waals surface area contributed by atoms with Crippen LogP contribution < -0.4 is 4.74 Å².